The molecule has 1 fully saturated rings. The van der Waals surface area contributed by atoms with E-state index in [4.69, 9.17) is 21.7 Å². The number of anilines is 1. The largest absolute Gasteiger partial charge is 0.497 e. The summed E-state index contributed by atoms with van der Waals surface area (Å²) in [6.07, 6.45) is -4.76. The topological polar surface area (TPSA) is 103 Å². The molecule has 0 aliphatic carbocycles. The Balaban J connectivity index is 1.83. The van der Waals surface area contributed by atoms with Crippen molar-refractivity contribution in [3.8, 4) is 5.75 Å². The van der Waals surface area contributed by atoms with Crippen LogP contribution in [0.5, 0.6) is 5.75 Å². The van der Waals surface area contributed by atoms with Gasteiger partial charge in [-0.1, -0.05) is 0 Å². The van der Waals surface area contributed by atoms with E-state index in [1.54, 1.807) is 26.2 Å². The van der Waals surface area contributed by atoms with Gasteiger partial charge >= 0.3 is 0 Å². The zero-order valence-electron chi connectivity index (χ0n) is 13.0. The third kappa shape index (κ3) is 4.52. The van der Waals surface area contributed by atoms with E-state index in [9.17, 15) is 15.3 Å². The second-order valence-corrected chi connectivity index (χ2v) is 5.82. The molecule has 8 heteroatoms. The van der Waals surface area contributed by atoms with Crippen molar-refractivity contribution in [1.82, 2.24) is 5.32 Å². The number of ether oxygens (including phenoxy) is 2. The molecule has 1 aliphatic rings. The fourth-order valence-electron chi connectivity index (χ4n) is 2.35. The minimum absolute atomic E-state index is 0.206. The predicted octanol–water partition coefficient (Wildman–Crippen LogP) is -0.148. The van der Waals surface area contributed by atoms with E-state index in [0.717, 1.165) is 11.4 Å². The number of aliphatic hydroxyl groups excluding tert-OH is 3. The molecule has 0 spiro atoms. The molecule has 0 aromatic heterocycles. The summed E-state index contributed by atoms with van der Waals surface area (Å²) in [5.74, 6) is 0.745. The van der Waals surface area contributed by atoms with Crippen molar-refractivity contribution in [1.29, 1.82) is 0 Å². The molecule has 5 N–H and O–H groups in total. The van der Waals surface area contributed by atoms with Gasteiger partial charge in [0.2, 0.25) is 0 Å². The molecule has 1 aliphatic heterocycles. The second kappa shape index (κ2) is 7.89. The number of rotatable bonds is 4. The van der Waals surface area contributed by atoms with Crippen LogP contribution >= 0.6 is 12.2 Å². The molecule has 1 aromatic carbocycles. The Morgan fingerprint density at radius 2 is 1.83 bits per heavy atom. The highest BCUT2D eigenvalue weighted by molar-refractivity contribution is 7.80. The van der Waals surface area contributed by atoms with Gasteiger partial charge in [0.15, 0.2) is 5.11 Å². The van der Waals surface area contributed by atoms with Crippen molar-refractivity contribution in [2.45, 2.75) is 37.4 Å². The van der Waals surface area contributed by atoms with E-state index in [1.807, 2.05) is 12.1 Å². The molecule has 2 rings (SSSR count). The van der Waals surface area contributed by atoms with Crippen molar-refractivity contribution in [2.24, 2.45) is 0 Å². The first-order valence-corrected chi connectivity index (χ1v) is 7.71. The summed E-state index contributed by atoms with van der Waals surface area (Å²) < 4.78 is 10.6. The molecule has 1 saturated heterocycles. The summed E-state index contributed by atoms with van der Waals surface area (Å²) in [6, 6.07) is 7.25. The average molecular weight is 342 g/mol. The lowest BCUT2D eigenvalue weighted by molar-refractivity contribution is -0.214. The lowest BCUT2D eigenvalue weighted by atomic mass is 9.96. The van der Waals surface area contributed by atoms with E-state index >= 15 is 0 Å². The molecule has 0 bridgehead atoms. The van der Waals surface area contributed by atoms with E-state index < -0.39 is 30.5 Å². The number of aliphatic hydroxyl groups is 3. The fraction of sp³-hybridized carbons (Fsp3) is 0.533. The van der Waals surface area contributed by atoms with Gasteiger partial charge in [-0.25, -0.2) is 0 Å². The SMILES string of the molecule is COc1ccc(NC(=S)NC[C@H]2O[C@@H](C)[C@@H](O)[C@@H](O)[C@@H]2O)cc1. The Kier molecular flexibility index (Phi) is 6.14. The molecule has 1 aromatic rings. The molecule has 0 unspecified atom stereocenters. The van der Waals surface area contributed by atoms with Gasteiger partial charge in [0.1, 0.15) is 30.2 Å². The summed E-state index contributed by atoms with van der Waals surface area (Å²) in [5, 5.41) is 35.6. The third-order valence-electron chi connectivity index (χ3n) is 3.76. The summed E-state index contributed by atoms with van der Waals surface area (Å²) in [5.41, 5.74) is 0.789. The molecule has 0 amide bonds. The van der Waals surface area contributed by atoms with Crippen LogP contribution in [0.3, 0.4) is 0 Å². The number of thiocarbonyl (C=S) groups is 1. The molecule has 0 saturated carbocycles. The predicted molar refractivity (Wildman–Crippen MR) is 89.6 cm³/mol. The molecule has 1 heterocycles. The molecular weight excluding hydrogens is 320 g/mol. The van der Waals surface area contributed by atoms with Crippen LogP contribution in [-0.2, 0) is 4.74 Å². The van der Waals surface area contributed by atoms with Gasteiger partial charge < -0.3 is 35.4 Å². The van der Waals surface area contributed by atoms with Crippen LogP contribution < -0.4 is 15.4 Å². The van der Waals surface area contributed by atoms with Gasteiger partial charge in [-0.3, -0.25) is 0 Å². The maximum absolute atomic E-state index is 9.93. The summed E-state index contributed by atoms with van der Waals surface area (Å²) in [7, 11) is 1.59. The normalized spacial score (nSPS) is 30.6. The van der Waals surface area contributed by atoms with Crippen LogP contribution in [0.15, 0.2) is 24.3 Å². The number of methoxy groups -OCH3 is 1. The molecule has 7 nitrogen and oxygen atoms in total. The number of benzene rings is 1. The van der Waals surface area contributed by atoms with Crippen LogP contribution in [0, 0.1) is 0 Å². The van der Waals surface area contributed by atoms with Gasteiger partial charge in [0.25, 0.3) is 0 Å². The van der Waals surface area contributed by atoms with Crippen LogP contribution in [-0.4, -0.2) is 64.6 Å². The molecule has 0 radical (unpaired) electrons. The van der Waals surface area contributed by atoms with Crippen molar-refractivity contribution in [2.75, 3.05) is 19.0 Å². The maximum Gasteiger partial charge on any atom is 0.170 e. The third-order valence-corrected chi connectivity index (χ3v) is 4.01. The highest BCUT2D eigenvalue weighted by Gasteiger charge is 2.41. The lowest BCUT2D eigenvalue weighted by Crippen LogP contribution is -2.59. The van der Waals surface area contributed by atoms with Gasteiger partial charge in [-0.15, -0.1) is 0 Å². The van der Waals surface area contributed by atoms with Gasteiger partial charge in [-0.05, 0) is 43.4 Å². The maximum atomic E-state index is 9.93. The minimum atomic E-state index is -1.24. The highest BCUT2D eigenvalue weighted by atomic mass is 32.1. The zero-order valence-corrected chi connectivity index (χ0v) is 13.8. The molecule has 23 heavy (non-hydrogen) atoms. The number of nitrogens with one attached hydrogen (secondary N) is 2. The smallest absolute Gasteiger partial charge is 0.170 e. The first-order chi connectivity index (χ1) is 10.9. The number of hydrogen-bond donors (Lipinski definition) is 5. The molecular formula is C15H22N2O5S. The average Bonchev–Trinajstić information content (AvgIpc) is 2.55. The first-order valence-electron chi connectivity index (χ1n) is 7.31. The molecule has 128 valence electrons. The monoisotopic (exact) mass is 342 g/mol. The summed E-state index contributed by atoms with van der Waals surface area (Å²) >= 11 is 5.18. The van der Waals surface area contributed by atoms with Crippen LogP contribution in [0.4, 0.5) is 5.69 Å². The molecule has 5 atom stereocenters. The van der Waals surface area contributed by atoms with Gasteiger partial charge in [0, 0.05) is 12.2 Å². The first kappa shape index (κ1) is 17.9. The summed E-state index contributed by atoms with van der Waals surface area (Å²) in [6.45, 7) is 1.85. The summed E-state index contributed by atoms with van der Waals surface area (Å²) in [4.78, 5) is 0. The standard InChI is InChI=1S/C15H22N2O5S/c1-8-12(18)14(20)13(19)11(22-8)7-16-15(23)17-9-3-5-10(21-2)6-4-9/h3-6,8,11-14,18-20H,7H2,1-2H3,(H2,16,17,23)/t8-,11+,12+,13+,14+/m0/s1. The number of hydrogen-bond acceptors (Lipinski definition) is 6. The Morgan fingerprint density at radius 3 is 2.43 bits per heavy atom. The van der Waals surface area contributed by atoms with Gasteiger partial charge in [-0.2, -0.15) is 0 Å². The van der Waals surface area contributed by atoms with E-state index in [-0.39, 0.29) is 6.54 Å². The fourth-order valence-corrected chi connectivity index (χ4v) is 2.55. The Labute approximate surface area is 140 Å². The Morgan fingerprint density at radius 1 is 1.17 bits per heavy atom. The lowest BCUT2D eigenvalue weighted by Gasteiger charge is -2.39. The Bertz CT molecular complexity index is 527. The van der Waals surface area contributed by atoms with Crippen molar-refractivity contribution >= 4 is 23.0 Å². The highest BCUT2D eigenvalue weighted by Crippen LogP contribution is 2.20. The quantitative estimate of drug-likeness (QED) is 0.482. The van der Waals surface area contributed by atoms with Crippen molar-refractivity contribution in [3.63, 3.8) is 0 Å². The van der Waals surface area contributed by atoms with Gasteiger partial charge in [0.05, 0.1) is 13.2 Å². The van der Waals surface area contributed by atoms with Crippen molar-refractivity contribution in [3.05, 3.63) is 24.3 Å². The van der Waals surface area contributed by atoms with Crippen LogP contribution in [0.1, 0.15) is 6.92 Å². The van der Waals surface area contributed by atoms with Crippen LogP contribution in [0.2, 0.25) is 0 Å². The minimum Gasteiger partial charge on any atom is -0.497 e. The second-order valence-electron chi connectivity index (χ2n) is 5.41. The van der Waals surface area contributed by atoms with Crippen LogP contribution in [0.25, 0.3) is 0 Å². The van der Waals surface area contributed by atoms with E-state index in [2.05, 4.69) is 10.6 Å². The Hall–Kier alpha value is -1.45. The van der Waals surface area contributed by atoms with E-state index in [1.165, 1.54) is 0 Å². The zero-order chi connectivity index (χ0) is 17.0. The van der Waals surface area contributed by atoms with Crippen molar-refractivity contribution < 1.29 is 24.8 Å². The van der Waals surface area contributed by atoms with E-state index in [0.29, 0.717) is 5.11 Å².